The summed E-state index contributed by atoms with van der Waals surface area (Å²) in [6, 6.07) is 0. The van der Waals surface area contributed by atoms with E-state index >= 15 is 0 Å². The van der Waals surface area contributed by atoms with E-state index in [2.05, 4.69) is 18.4 Å². The number of hydrogen-bond acceptors (Lipinski definition) is 4. The van der Waals surface area contributed by atoms with Gasteiger partial charge in [0.25, 0.3) is 0 Å². The van der Waals surface area contributed by atoms with Gasteiger partial charge in [-0.05, 0) is 18.8 Å². The highest BCUT2D eigenvalue weighted by atomic mass is 31.2. The lowest BCUT2D eigenvalue weighted by molar-refractivity contribution is -0.00686. The van der Waals surface area contributed by atoms with Crippen LogP contribution in [-0.2, 0) is 13.8 Å². The summed E-state index contributed by atoms with van der Waals surface area (Å²) in [6.45, 7) is 4.74. The lowest BCUT2D eigenvalue weighted by Gasteiger charge is -2.19. The maximum atomic E-state index is 10.8. The van der Waals surface area contributed by atoms with Crippen LogP contribution in [0.25, 0.3) is 0 Å². The van der Waals surface area contributed by atoms with Gasteiger partial charge < -0.3 is 19.6 Å². The molecular weight excluding hydrogens is 451 g/mol. The first-order valence-electron chi connectivity index (χ1n) is 14.3. The molecule has 0 aromatic rings. The van der Waals surface area contributed by atoms with Gasteiger partial charge in [-0.2, -0.15) is 0 Å². The van der Waals surface area contributed by atoms with Gasteiger partial charge in [-0.25, -0.2) is 4.57 Å². The van der Waals surface area contributed by atoms with Gasteiger partial charge in [0, 0.05) is 6.61 Å². The summed E-state index contributed by atoms with van der Waals surface area (Å²) < 4.78 is 20.8. The number of rotatable bonds is 27. The number of unbranched alkanes of at least 4 members (excludes halogenated alkanes) is 16. The number of aliphatic hydroxyl groups is 1. The van der Waals surface area contributed by atoms with Gasteiger partial charge in [0.1, 0.15) is 6.10 Å². The second kappa shape index (κ2) is 24.7. The molecule has 0 heterocycles. The molecule has 0 aromatic heterocycles. The Bertz CT molecular complexity index is 456. The molecule has 0 aliphatic carbocycles. The van der Waals surface area contributed by atoms with Crippen LogP contribution in [-0.4, -0.2) is 40.8 Å². The Hall–Kier alpha value is 0.0300. The molecule has 7 heteroatoms. The van der Waals surface area contributed by atoms with Crippen molar-refractivity contribution in [2.75, 3.05) is 19.8 Å². The van der Waals surface area contributed by atoms with E-state index in [0.29, 0.717) is 12.5 Å². The SMILES string of the molecule is CCCCCCCCCCCCC(CCCCCCCCCC)COCC(O)COP(=O)(O)O. The first kappa shape index (κ1) is 34.0. The fourth-order valence-electron chi connectivity index (χ4n) is 4.40. The van der Waals surface area contributed by atoms with Gasteiger partial charge in [0.2, 0.25) is 0 Å². The molecule has 3 N–H and O–H groups in total. The third-order valence-corrected chi connectivity index (χ3v) is 7.02. The molecule has 0 saturated carbocycles. The molecule has 34 heavy (non-hydrogen) atoms. The summed E-state index contributed by atoms with van der Waals surface area (Å²) in [5.74, 6) is 0.490. The minimum absolute atomic E-state index is 0.0476. The topological polar surface area (TPSA) is 96.2 Å². The van der Waals surface area contributed by atoms with Crippen molar-refractivity contribution in [2.45, 2.75) is 148 Å². The normalized spacial score (nSPS) is 13.9. The fourth-order valence-corrected chi connectivity index (χ4v) is 4.77. The van der Waals surface area contributed by atoms with Crippen LogP contribution < -0.4 is 0 Å². The third kappa shape index (κ3) is 26.6. The first-order chi connectivity index (χ1) is 16.4. The molecule has 0 amide bonds. The van der Waals surface area contributed by atoms with Crippen molar-refractivity contribution in [2.24, 2.45) is 5.92 Å². The Labute approximate surface area is 210 Å². The summed E-state index contributed by atoms with van der Waals surface area (Å²) in [5.41, 5.74) is 0. The highest BCUT2D eigenvalue weighted by molar-refractivity contribution is 7.46. The summed E-state index contributed by atoms with van der Waals surface area (Å²) in [7, 11) is -4.55. The molecule has 0 bridgehead atoms. The van der Waals surface area contributed by atoms with E-state index < -0.39 is 20.5 Å². The van der Waals surface area contributed by atoms with Crippen molar-refractivity contribution in [3.63, 3.8) is 0 Å². The monoisotopic (exact) mass is 508 g/mol. The molecule has 0 rings (SSSR count). The highest BCUT2D eigenvalue weighted by Crippen LogP contribution is 2.35. The van der Waals surface area contributed by atoms with Crippen molar-refractivity contribution in [1.29, 1.82) is 0 Å². The number of phosphoric acid groups is 1. The van der Waals surface area contributed by atoms with E-state index in [0.717, 1.165) is 12.8 Å². The molecule has 2 atom stereocenters. The fraction of sp³-hybridized carbons (Fsp3) is 1.00. The molecule has 0 aliphatic heterocycles. The zero-order valence-corrected chi connectivity index (χ0v) is 23.3. The van der Waals surface area contributed by atoms with E-state index in [1.807, 2.05) is 0 Å². The minimum Gasteiger partial charge on any atom is -0.388 e. The van der Waals surface area contributed by atoms with Gasteiger partial charge in [-0.1, -0.05) is 129 Å². The zero-order valence-electron chi connectivity index (χ0n) is 22.4. The molecule has 0 radical (unpaired) electrons. The van der Waals surface area contributed by atoms with Crippen LogP contribution in [0.1, 0.15) is 142 Å². The molecule has 0 fully saturated rings. The van der Waals surface area contributed by atoms with Crippen LogP contribution in [0.3, 0.4) is 0 Å². The van der Waals surface area contributed by atoms with E-state index in [-0.39, 0.29) is 6.61 Å². The largest absolute Gasteiger partial charge is 0.469 e. The molecule has 0 spiro atoms. The quantitative estimate of drug-likeness (QED) is 0.0770. The lowest BCUT2D eigenvalue weighted by atomic mass is 9.94. The second-order valence-electron chi connectivity index (χ2n) is 10.1. The minimum atomic E-state index is -4.55. The molecule has 0 aromatic carbocycles. The number of aliphatic hydroxyl groups excluding tert-OH is 1. The van der Waals surface area contributed by atoms with Gasteiger partial charge >= 0.3 is 7.82 Å². The van der Waals surface area contributed by atoms with Gasteiger partial charge in [-0.3, -0.25) is 4.52 Å². The van der Waals surface area contributed by atoms with E-state index in [1.54, 1.807) is 0 Å². The molecule has 206 valence electrons. The summed E-state index contributed by atoms with van der Waals surface area (Å²) in [5, 5.41) is 9.83. The van der Waals surface area contributed by atoms with E-state index in [1.165, 1.54) is 116 Å². The summed E-state index contributed by atoms with van der Waals surface area (Å²) in [6.07, 6.45) is 25.2. The third-order valence-electron chi connectivity index (χ3n) is 6.53. The molecule has 0 aliphatic rings. The Morgan fingerprint density at radius 2 is 0.971 bits per heavy atom. The van der Waals surface area contributed by atoms with E-state index in [9.17, 15) is 9.67 Å². The second-order valence-corrected chi connectivity index (χ2v) is 11.3. The zero-order chi connectivity index (χ0) is 25.3. The maximum Gasteiger partial charge on any atom is 0.469 e. The van der Waals surface area contributed by atoms with Crippen LogP contribution in [0.4, 0.5) is 0 Å². The van der Waals surface area contributed by atoms with Crippen LogP contribution in [0, 0.1) is 5.92 Å². The average molecular weight is 509 g/mol. The van der Waals surface area contributed by atoms with Gasteiger partial charge in [0.15, 0.2) is 0 Å². The van der Waals surface area contributed by atoms with Crippen molar-refractivity contribution in [3.05, 3.63) is 0 Å². The van der Waals surface area contributed by atoms with Crippen LogP contribution in [0.2, 0.25) is 0 Å². The molecule has 6 nitrogen and oxygen atoms in total. The molecule has 0 saturated heterocycles. The molecule has 2 unspecified atom stereocenters. The Morgan fingerprint density at radius 3 is 1.35 bits per heavy atom. The Balaban J connectivity index is 4.04. The molecular formula is C27H57O6P. The van der Waals surface area contributed by atoms with Crippen molar-refractivity contribution in [3.8, 4) is 0 Å². The number of ether oxygens (including phenoxy) is 1. The predicted molar refractivity (Wildman–Crippen MR) is 142 cm³/mol. The van der Waals surface area contributed by atoms with Crippen molar-refractivity contribution < 1.29 is 28.7 Å². The van der Waals surface area contributed by atoms with Crippen molar-refractivity contribution >= 4 is 7.82 Å². The van der Waals surface area contributed by atoms with Crippen LogP contribution in [0.15, 0.2) is 0 Å². The summed E-state index contributed by atoms with van der Waals surface area (Å²) >= 11 is 0. The standard InChI is InChI=1S/C27H57O6P/c1-3-5-7-9-11-13-14-16-18-20-22-26(21-19-17-15-12-10-8-6-4-2)23-32-24-27(28)25-33-34(29,30)31/h26-28H,3-25H2,1-2H3,(H2,29,30,31). The number of phosphoric ester groups is 1. The summed E-state index contributed by atoms with van der Waals surface area (Å²) in [4.78, 5) is 17.5. The van der Waals surface area contributed by atoms with Crippen molar-refractivity contribution in [1.82, 2.24) is 0 Å². The van der Waals surface area contributed by atoms with Gasteiger partial charge in [-0.15, -0.1) is 0 Å². The first-order valence-corrected chi connectivity index (χ1v) is 15.9. The average Bonchev–Trinajstić information content (AvgIpc) is 2.79. The smallest absolute Gasteiger partial charge is 0.388 e. The van der Waals surface area contributed by atoms with Crippen LogP contribution in [0.5, 0.6) is 0 Å². The lowest BCUT2D eigenvalue weighted by Crippen LogP contribution is -2.23. The Kier molecular flexibility index (Phi) is 24.7. The number of hydrogen-bond donors (Lipinski definition) is 3. The van der Waals surface area contributed by atoms with Crippen LogP contribution >= 0.6 is 7.82 Å². The van der Waals surface area contributed by atoms with Gasteiger partial charge in [0.05, 0.1) is 13.2 Å². The Morgan fingerprint density at radius 1 is 0.588 bits per heavy atom. The van der Waals surface area contributed by atoms with E-state index in [4.69, 9.17) is 14.5 Å². The highest BCUT2D eigenvalue weighted by Gasteiger charge is 2.17. The predicted octanol–water partition coefficient (Wildman–Crippen LogP) is 7.93. The maximum absolute atomic E-state index is 10.8.